The Labute approximate surface area is 112 Å². The van der Waals surface area contributed by atoms with E-state index in [0.717, 1.165) is 23.3 Å². The van der Waals surface area contributed by atoms with E-state index in [9.17, 15) is 0 Å². The molecular formula is C16H16N2O. The lowest BCUT2D eigenvalue weighted by atomic mass is 10.1. The number of rotatable bonds is 3. The third kappa shape index (κ3) is 2.37. The molecule has 0 aliphatic heterocycles. The van der Waals surface area contributed by atoms with Gasteiger partial charge in [-0.1, -0.05) is 18.2 Å². The molecule has 3 heteroatoms. The predicted octanol–water partition coefficient (Wildman–Crippen LogP) is 2.89. The van der Waals surface area contributed by atoms with Crippen LogP contribution < -0.4 is 0 Å². The van der Waals surface area contributed by atoms with Crippen LogP contribution in [0.15, 0.2) is 48.8 Å². The highest BCUT2D eigenvalue weighted by atomic mass is 16.3. The number of aliphatic hydroxyl groups is 1. The molecule has 0 amide bonds. The molecule has 2 aromatic heterocycles. The number of aliphatic hydroxyl groups excluding tert-OH is 1. The standard InChI is InChI=1S/C16H16N2O/c1-12-8-14(10-18-7-6-13(9-18)11-19)15-4-2-3-5-16(15)17-12/h2-9,19H,10-11H2,1H3. The van der Waals surface area contributed by atoms with Crippen molar-refractivity contribution in [3.8, 4) is 0 Å². The fourth-order valence-corrected chi connectivity index (χ4v) is 2.40. The molecule has 96 valence electrons. The summed E-state index contributed by atoms with van der Waals surface area (Å²) in [5, 5.41) is 10.3. The van der Waals surface area contributed by atoms with Crippen molar-refractivity contribution in [2.45, 2.75) is 20.1 Å². The zero-order valence-corrected chi connectivity index (χ0v) is 10.9. The van der Waals surface area contributed by atoms with Gasteiger partial charge in [0.15, 0.2) is 0 Å². The van der Waals surface area contributed by atoms with E-state index in [1.807, 2.05) is 43.6 Å². The lowest BCUT2D eigenvalue weighted by Crippen LogP contribution is -1.99. The predicted molar refractivity (Wildman–Crippen MR) is 75.9 cm³/mol. The van der Waals surface area contributed by atoms with Gasteiger partial charge in [-0.15, -0.1) is 0 Å². The van der Waals surface area contributed by atoms with Crippen LogP contribution in [0.25, 0.3) is 10.9 Å². The fourth-order valence-electron chi connectivity index (χ4n) is 2.40. The fraction of sp³-hybridized carbons (Fsp3) is 0.188. The van der Waals surface area contributed by atoms with Crippen LogP contribution in [-0.2, 0) is 13.2 Å². The van der Waals surface area contributed by atoms with Crippen LogP contribution in [0.2, 0.25) is 0 Å². The Kier molecular flexibility index (Phi) is 3.05. The first-order valence-corrected chi connectivity index (χ1v) is 6.37. The monoisotopic (exact) mass is 252 g/mol. The number of hydrogen-bond donors (Lipinski definition) is 1. The van der Waals surface area contributed by atoms with Gasteiger partial charge in [-0.2, -0.15) is 0 Å². The minimum Gasteiger partial charge on any atom is -0.392 e. The number of benzene rings is 1. The summed E-state index contributed by atoms with van der Waals surface area (Å²) in [5.74, 6) is 0. The van der Waals surface area contributed by atoms with Gasteiger partial charge in [0.1, 0.15) is 0 Å². The lowest BCUT2D eigenvalue weighted by molar-refractivity contribution is 0.282. The van der Waals surface area contributed by atoms with Crippen molar-refractivity contribution in [1.29, 1.82) is 0 Å². The molecule has 0 aliphatic rings. The van der Waals surface area contributed by atoms with Crippen LogP contribution in [0.1, 0.15) is 16.8 Å². The number of hydrogen-bond acceptors (Lipinski definition) is 2. The van der Waals surface area contributed by atoms with E-state index in [1.54, 1.807) is 0 Å². The van der Waals surface area contributed by atoms with E-state index in [-0.39, 0.29) is 6.61 Å². The molecule has 0 unspecified atom stereocenters. The minimum atomic E-state index is 0.0864. The molecule has 1 N–H and O–H groups in total. The molecule has 0 saturated heterocycles. The summed E-state index contributed by atoms with van der Waals surface area (Å²) in [6.45, 7) is 2.90. The second-order valence-corrected chi connectivity index (χ2v) is 4.79. The van der Waals surface area contributed by atoms with E-state index in [1.165, 1.54) is 10.9 Å². The smallest absolute Gasteiger partial charge is 0.0708 e. The first kappa shape index (κ1) is 11.9. The number of pyridine rings is 1. The van der Waals surface area contributed by atoms with Crippen LogP contribution in [0.5, 0.6) is 0 Å². The van der Waals surface area contributed by atoms with Gasteiger partial charge in [-0.05, 0) is 36.2 Å². The van der Waals surface area contributed by atoms with Crippen LogP contribution in [0, 0.1) is 6.92 Å². The van der Waals surface area contributed by atoms with Crippen molar-refractivity contribution < 1.29 is 5.11 Å². The van der Waals surface area contributed by atoms with Crippen molar-refractivity contribution in [3.05, 3.63) is 65.6 Å². The SMILES string of the molecule is Cc1cc(Cn2ccc(CO)c2)c2ccccc2n1. The van der Waals surface area contributed by atoms with Crippen molar-refractivity contribution in [2.24, 2.45) is 0 Å². The van der Waals surface area contributed by atoms with Gasteiger partial charge in [0.2, 0.25) is 0 Å². The molecule has 0 bridgehead atoms. The highest BCUT2D eigenvalue weighted by Gasteiger charge is 2.04. The second-order valence-electron chi connectivity index (χ2n) is 4.79. The molecule has 1 aromatic carbocycles. The number of aryl methyl sites for hydroxylation is 1. The molecule has 3 nitrogen and oxygen atoms in total. The molecule has 3 rings (SSSR count). The van der Waals surface area contributed by atoms with Crippen molar-refractivity contribution in [3.63, 3.8) is 0 Å². The summed E-state index contributed by atoms with van der Waals surface area (Å²) in [5.41, 5.74) is 4.26. The van der Waals surface area contributed by atoms with Gasteiger partial charge in [0.05, 0.1) is 12.1 Å². The van der Waals surface area contributed by atoms with Crippen molar-refractivity contribution >= 4 is 10.9 Å². The Morgan fingerprint density at radius 1 is 1.21 bits per heavy atom. The van der Waals surface area contributed by atoms with Crippen LogP contribution in [0.3, 0.4) is 0 Å². The molecule has 19 heavy (non-hydrogen) atoms. The van der Waals surface area contributed by atoms with Gasteiger partial charge in [0, 0.05) is 30.0 Å². The van der Waals surface area contributed by atoms with E-state index < -0.39 is 0 Å². The maximum Gasteiger partial charge on any atom is 0.0708 e. The van der Waals surface area contributed by atoms with E-state index >= 15 is 0 Å². The summed E-state index contributed by atoms with van der Waals surface area (Å²) in [6, 6.07) is 12.3. The van der Waals surface area contributed by atoms with Crippen molar-refractivity contribution in [1.82, 2.24) is 9.55 Å². The van der Waals surface area contributed by atoms with Crippen LogP contribution in [-0.4, -0.2) is 14.7 Å². The molecule has 3 aromatic rings. The topological polar surface area (TPSA) is 38.0 Å². The Balaban J connectivity index is 2.04. The molecule has 0 fully saturated rings. The average Bonchev–Trinajstić information content (AvgIpc) is 2.86. The lowest BCUT2D eigenvalue weighted by Gasteiger charge is -2.09. The number of fused-ring (bicyclic) bond motifs is 1. The summed E-state index contributed by atoms with van der Waals surface area (Å²) >= 11 is 0. The molecular weight excluding hydrogens is 236 g/mol. The zero-order chi connectivity index (χ0) is 13.2. The van der Waals surface area contributed by atoms with Gasteiger partial charge in [-0.25, -0.2) is 0 Å². The Morgan fingerprint density at radius 2 is 2.05 bits per heavy atom. The second kappa shape index (κ2) is 4.86. The van der Waals surface area contributed by atoms with Gasteiger partial charge in [0.25, 0.3) is 0 Å². The maximum atomic E-state index is 9.11. The molecule has 0 saturated carbocycles. The molecule has 0 atom stereocenters. The minimum absolute atomic E-state index is 0.0864. The normalized spacial score (nSPS) is 11.1. The first-order valence-electron chi connectivity index (χ1n) is 6.37. The van der Waals surface area contributed by atoms with E-state index in [2.05, 4.69) is 21.7 Å². The first-order chi connectivity index (χ1) is 9.26. The average molecular weight is 252 g/mol. The number of aromatic nitrogens is 2. The summed E-state index contributed by atoms with van der Waals surface area (Å²) in [6.07, 6.45) is 3.97. The third-order valence-electron chi connectivity index (χ3n) is 3.28. The summed E-state index contributed by atoms with van der Waals surface area (Å²) in [4.78, 5) is 4.55. The molecule has 0 radical (unpaired) electrons. The largest absolute Gasteiger partial charge is 0.392 e. The number of nitrogens with zero attached hydrogens (tertiary/aromatic N) is 2. The Hall–Kier alpha value is -2.13. The van der Waals surface area contributed by atoms with Gasteiger partial charge >= 0.3 is 0 Å². The van der Waals surface area contributed by atoms with Gasteiger partial charge < -0.3 is 9.67 Å². The highest BCUT2D eigenvalue weighted by molar-refractivity contribution is 5.82. The Bertz CT molecular complexity index is 716. The third-order valence-corrected chi connectivity index (χ3v) is 3.28. The Morgan fingerprint density at radius 3 is 2.84 bits per heavy atom. The van der Waals surface area contributed by atoms with E-state index in [0.29, 0.717) is 0 Å². The summed E-state index contributed by atoms with van der Waals surface area (Å²) in [7, 11) is 0. The maximum absolute atomic E-state index is 9.11. The van der Waals surface area contributed by atoms with Crippen molar-refractivity contribution in [2.75, 3.05) is 0 Å². The van der Waals surface area contributed by atoms with E-state index in [4.69, 9.17) is 5.11 Å². The van der Waals surface area contributed by atoms with Crippen LogP contribution in [0.4, 0.5) is 0 Å². The molecule has 0 aliphatic carbocycles. The van der Waals surface area contributed by atoms with Gasteiger partial charge in [-0.3, -0.25) is 4.98 Å². The molecule has 2 heterocycles. The zero-order valence-electron chi connectivity index (χ0n) is 10.9. The highest BCUT2D eigenvalue weighted by Crippen LogP contribution is 2.19. The number of para-hydroxylation sites is 1. The molecule has 0 spiro atoms. The quantitative estimate of drug-likeness (QED) is 0.778. The van der Waals surface area contributed by atoms with Crippen LogP contribution >= 0.6 is 0 Å². The summed E-state index contributed by atoms with van der Waals surface area (Å²) < 4.78 is 2.09.